The maximum absolute atomic E-state index is 2.28. The quantitative estimate of drug-likeness (QED) is 0.292. The third kappa shape index (κ3) is 17.7. The lowest BCUT2D eigenvalue weighted by atomic mass is 10.0. The lowest BCUT2D eigenvalue weighted by molar-refractivity contribution is 0.556. The molecule has 0 bridgehead atoms. The second-order valence-electron chi connectivity index (χ2n) is 6.76. The summed E-state index contributed by atoms with van der Waals surface area (Å²) in [6.07, 6.45) is 15.5. The molecule has 0 nitrogen and oxygen atoms in total. The molecule has 0 aliphatic carbocycles. The third-order valence-corrected chi connectivity index (χ3v) is 3.66. The van der Waals surface area contributed by atoms with E-state index >= 15 is 0 Å². The van der Waals surface area contributed by atoms with Crippen molar-refractivity contribution in [1.82, 2.24) is 0 Å². The summed E-state index contributed by atoms with van der Waals surface area (Å²) in [4.78, 5) is 0. The van der Waals surface area contributed by atoms with Gasteiger partial charge in [-0.1, -0.05) is 95.0 Å². The van der Waals surface area contributed by atoms with E-state index in [2.05, 4.69) is 57.3 Å². The van der Waals surface area contributed by atoms with Crippen LogP contribution in [-0.4, -0.2) is 20.0 Å². The molecule has 0 saturated carbocycles. The van der Waals surface area contributed by atoms with Gasteiger partial charge < -0.3 is 0 Å². The fourth-order valence-electron chi connectivity index (χ4n) is 2.46. The van der Waals surface area contributed by atoms with Gasteiger partial charge >= 0.3 is 0 Å². The zero-order valence-electron chi connectivity index (χ0n) is 15.6. The molecule has 0 fully saturated rings. The van der Waals surface area contributed by atoms with E-state index in [4.69, 9.17) is 0 Å². The average molecular weight is 323 g/mol. The molecule has 0 spiro atoms. The van der Waals surface area contributed by atoms with Crippen molar-refractivity contribution in [2.75, 3.05) is 20.0 Å². The fraction of sp³-hybridized carbons (Fsp3) is 0.714. The van der Waals surface area contributed by atoms with Crippen LogP contribution in [0.1, 0.15) is 76.7 Å². The third-order valence-electron chi connectivity index (χ3n) is 3.66. The molecule has 22 heavy (non-hydrogen) atoms. The molecule has 0 aliphatic rings. The zero-order valence-corrected chi connectivity index (χ0v) is 16.5. The molecule has 0 aliphatic heterocycles. The molecule has 0 N–H and O–H groups in total. The smallest absolute Gasteiger partial charge is 0.0279 e. The number of hydrogen-bond donors (Lipinski definition) is 0. The van der Waals surface area contributed by atoms with Crippen molar-refractivity contribution in [1.29, 1.82) is 0 Å². The molecule has 0 heterocycles. The standard InChI is InChI=1S/C18H30.C3H9P/c1-2-3-4-5-6-7-8-9-10-12-15-18-16-13-11-14-17-18;1-4(2)3/h11,13-14,16-17H,2-10,12,15H2,1H3;1-3H3. The van der Waals surface area contributed by atoms with Gasteiger partial charge in [0.05, 0.1) is 0 Å². The Kier molecular flexibility index (Phi) is 16.7. The van der Waals surface area contributed by atoms with Crippen LogP contribution >= 0.6 is 7.92 Å². The second kappa shape index (κ2) is 17.0. The lowest BCUT2D eigenvalue weighted by Gasteiger charge is -2.03. The molecule has 0 atom stereocenters. The molecule has 0 unspecified atom stereocenters. The topological polar surface area (TPSA) is 0 Å². The van der Waals surface area contributed by atoms with Gasteiger partial charge in [-0.2, -0.15) is 0 Å². The van der Waals surface area contributed by atoms with Crippen molar-refractivity contribution in [3.63, 3.8) is 0 Å². The maximum atomic E-state index is 2.28. The average Bonchev–Trinajstić information content (AvgIpc) is 2.50. The van der Waals surface area contributed by atoms with Crippen LogP contribution in [0.25, 0.3) is 0 Å². The van der Waals surface area contributed by atoms with E-state index < -0.39 is 0 Å². The Bertz CT molecular complexity index is 302. The molecule has 0 saturated heterocycles. The van der Waals surface area contributed by atoms with Gasteiger partial charge in [-0.15, -0.1) is 7.92 Å². The van der Waals surface area contributed by atoms with Crippen molar-refractivity contribution in [3.8, 4) is 0 Å². The SMILES string of the molecule is CCCCCCCCCCCCc1ccccc1.CP(C)C. The summed E-state index contributed by atoms with van der Waals surface area (Å²) < 4.78 is 0. The van der Waals surface area contributed by atoms with E-state index in [1.165, 1.54) is 76.2 Å². The van der Waals surface area contributed by atoms with Gasteiger partial charge in [0.2, 0.25) is 0 Å². The summed E-state index contributed by atoms with van der Waals surface area (Å²) in [6.45, 7) is 8.98. The van der Waals surface area contributed by atoms with Gasteiger partial charge in [-0.3, -0.25) is 0 Å². The minimum absolute atomic E-state index is 0.380. The van der Waals surface area contributed by atoms with Crippen molar-refractivity contribution >= 4 is 7.92 Å². The Balaban J connectivity index is 0.000000980. The molecule has 1 heteroatoms. The minimum Gasteiger partial charge on any atom is -0.116 e. The molecular weight excluding hydrogens is 283 g/mol. The van der Waals surface area contributed by atoms with E-state index in [-0.39, 0.29) is 0 Å². The van der Waals surface area contributed by atoms with Crippen LogP contribution in [0, 0.1) is 0 Å². The van der Waals surface area contributed by atoms with E-state index in [1.807, 2.05) is 0 Å². The van der Waals surface area contributed by atoms with Crippen LogP contribution in [0.15, 0.2) is 30.3 Å². The van der Waals surface area contributed by atoms with Gasteiger partial charge in [0, 0.05) is 0 Å². The first-order valence-corrected chi connectivity index (χ1v) is 12.0. The highest BCUT2D eigenvalue weighted by Crippen LogP contribution is 2.14. The van der Waals surface area contributed by atoms with Crippen LogP contribution in [0.5, 0.6) is 0 Å². The summed E-state index contributed by atoms with van der Waals surface area (Å²) in [5.74, 6) is 0. The molecule has 1 aromatic rings. The molecule has 0 amide bonds. The first-order valence-electron chi connectivity index (χ1n) is 9.31. The van der Waals surface area contributed by atoms with Gasteiger partial charge in [0.1, 0.15) is 0 Å². The highest BCUT2D eigenvalue weighted by molar-refractivity contribution is 7.55. The molecule has 0 radical (unpaired) electrons. The van der Waals surface area contributed by atoms with Crippen molar-refractivity contribution < 1.29 is 0 Å². The molecule has 128 valence electrons. The lowest BCUT2D eigenvalue weighted by Crippen LogP contribution is -1.86. The minimum atomic E-state index is 0.380. The van der Waals surface area contributed by atoms with Crippen molar-refractivity contribution in [3.05, 3.63) is 35.9 Å². The van der Waals surface area contributed by atoms with Crippen LogP contribution in [-0.2, 0) is 6.42 Å². The van der Waals surface area contributed by atoms with Crippen LogP contribution in [0.2, 0.25) is 0 Å². The number of unbranched alkanes of at least 4 members (excludes halogenated alkanes) is 9. The van der Waals surface area contributed by atoms with E-state index in [0.29, 0.717) is 7.92 Å². The maximum Gasteiger partial charge on any atom is -0.0279 e. The second-order valence-corrected chi connectivity index (χ2v) is 9.44. The summed E-state index contributed by atoms with van der Waals surface area (Å²) in [5.41, 5.74) is 1.50. The number of rotatable bonds is 11. The van der Waals surface area contributed by atoms with E-state index in [9.17, 15) is 0 Å². The van der Waals surface area contributed by atoms with Gasteiger partial charge in [-0.25, -0.2) is 0 Å². The Hall–Kier alpha value is -0.350. The first-order chi connectivity index (χ1) is 10.7. The molecule has 1 aromatic carbocycles. The van der Waals surface area contributed by atoms with E-state index in [1.54, 1.807) is 0 Å². The fourth-order valence-corrected chi connectivity index (χ4v) is 2.46. The van der Waals surface area contributed by atoms with E-state index in [0.717, 1.165) is 0 Å². The Morgan fingerprint density at radius 3 is 1.50 bits per heavy atom. The van der Waals surface area contributed by atoms with Crippen molar-refractivity contribution in [2.45, 2.75) is 77.6 Å². The predicted octanol–water partition coefficient (Wildman–Crippen LogP) is 7.51. The van der Waals surface area contributed by atoms with Crippen LogP contribution in [0.4, 0.5) is 0 Å². The van der Waals surface area contributed by atoms with Crippen LogP contribution < -0.4 is 0 Å². The summed E-state index contributed by atoms with van der Waals surface area (Å²) >= 11 is 0. The highest BCUT2D eigenvalue weighted by atomic mass is 31.1. The summed E-state index contributed by atoms with van der Waals surface area (Å²) in [5, 5.41) is 0. The molecular formula is C21H39P. The Morgan fingerprint density at radius 1 is 0.636 bits per heavy atom. The van der Waals surface area contributed by atoms with Crippen LogP contribution in [0.3, 0.4) is 0 Å². The Labute approximate surface area is 141 Å². The summed E-state index contributed by atoms with van der Waals surface area (Å²) in [6, 6.07) is 10.9. The number of benzene rings is 1. The first kappa shape index (κ1) is 21.6. The highest BCUT2D eigenvalue weighted by Gasteiger charge is 1.94. The van der Waals surface area contributed by atoms with Gasteiger partial charge in [-0.05, 0) is 38.4 Å². The number of aryl methyl sites for hydroxylation is 1. The normalized spacial score (nSPS) is 10.4. The van der Waals surface area contributed by atoms with Crippen molar-refractivity contribution in [2.24, 2.45) is 0 Å². The monoisotopic (exact) mass is 322 g/mol. The van der Waals surface area contributed by atoms with Gasteiger partial charge in [0.25, 0.3) is 0 Å². The zero-order chi connectivity index (χ0) is 16.5. The largest absolute Gasteiger partial charge is 0.116 e. The number of hydrogen-bond acceptors (Lipinski definition) is 0. The molecule has 1 rings (SSSR count). The molecule has 0 aromatic heterocycles. The predicted molar refractivity (Wildman–Crippen MR) is 107 cm³/mol. The van der Waals surface area contributed by atoms with Gasteiger partial charge in [0.15, 0.2) is 0 Å². The Morgan fingerprint density at radius 2 is 1.05 bits per heavy atom. The summed E-state index contributed by atoms with van der Waals surface area (Å²) in [7, 11) is 0.380.